The highest BCUT2D eigenvalue weighted by molar-refractivity contribution is 6.05. The number of fused-ring (bicyclic) bond motifs is 1. The van der Waals surface area contributed by atoms with Crippen LogP contribution in [0.1, 0.15) is 42.3 Å². The average molecular weight is 429 g/mol. The van der Waals surface area contributed by atoms with Gasteiger partial charge in [0.05, 0.1) is 12.3 Å². The Morgan fingerprint density at radius 1 is 1.00 bits per heavy atom. The number of carbonyl (C=O) groups is 1. The molecule has 0 aliphatic heterocycles. The van der Waals surface area contributed by atoms with E-state index in [1.807, 2.05) is 43.3 Å². The fraction of sp³-hybridized carbons (Fsp3) is 0.269. The molecule has 0 atom stereocenters. The molecule has 0 saturated carbocycles. The number of aryl methyl sites for hydroxylation is 2. The first kappa shape index (κ1) is 21.6. The van der Waals surface area contributed by atoms with E-state index >= 15 is 0 Å². The van der Waals surface area contributed by atoms with E-state index in [1.54, 1.807) is 16.9 Å². The summed E-state index contributed by atoms with van der Waals surface area (Å²) in [6.07, 6.45) is 0.991. The second-order valence-corrected chi connectivity index (χ2v) is 8.35. The topological polar surface area (TPSA) is 69.0 Å². The molecule has 0 aliphatic rings. The van der Waals surface area contributed by atoms with Crippen molar-refractivity contribution in [3.8, 4) is 11.4 Å². The minimum absolute atomic E-state index is 0.176. The fourth-order valence-corrected chi connectivity index (χ4v) is 3.34. The van der Waals surface area contributed by atoms with E-state index in [1.165, 1.54) is 5.56 Å². The summed E-state index contributed by atoms with van der Waals surface area (Å²) >= 11 is 0. The van der Waals surface area contributed by atoms with Crippen LogP contribution in [0.2, 0.25) is 0 Å². The molecule has 32 heavy (non-hydrogen) atoms. The van der Waals surface area contributed by atoms with Crippen molar-refractivity contribution in [2.75, 3.05) is 11.9 Å². The van der Waals surface area contributed by atoms with Crippen LogP contribution in [0.4, 0.5) is 5.69 Å². The molecule has 0 fully saturated rings. The van der Waals surface area contributed by atoms with Gasteiger partial charge in [0.15, 0.2) is 0 Å². The number of hydrogen-bond acceptors (Lipinski definition) is 4. The molecule has 0 aliphatic carbocycles. The highest BCUT2D eigenvalue weighted by Gasteiger charge is 2.12. The Bertz CT molecular complexity index is 1230. The van der Waals surface area contributed by atoms with Crippen molar-refractivity contribution in [3.63, 3.8) is 0 Å². The highest BCUT2D eigenvalue weighted by Crippen LogP contribution is 2.23. The van der Waals surface area contributed by atoms with Crippen LogP contribution in [-0.2, 0) is 6.42 Å². The molecule has 164 valence electrons. The van der Waals surface area contributed by atoms with Crippen LogP contribution in [0.25, 0.3) is 16.7 Å². The lowest BCUT2D eigenvalue weighted by Crippen LogP contribution is -2.13. The van der Waals surface area contributed by atoms with Gasteiger partial charge in [0, 0.05) is 11.3 Å². The number of amides is 1. The Kier molecular flexibility index (Phi) is 6.21. The maximum atomic E-state index is 12.8. The van der Waals surface area contributed by atoms with E-state index in [4.69, 9.17) is 4.74 Å². The van der Waals surface area contributed by atoms with Gasteiger partial charge < -0.3 is 10.1 Å². The third-order valence-electron chi connectivity index (χ3n) is 5.25. The third kappa shape index (κ3) is 4.80. The summed E-state index contributed by atoms with van der Waals surface area (Å²) in [5.41, 5.74) is 5.90. The van der Waals surface area contributed by atoms with Crippen molar-refractivity contribution in [3.05, 3.63) is 77.4 Å². The summed E-state index contributed by atoms with van der Waals surface area (Å²) in [7, 11) is 0. The molecule has 4 aromatic rings. The lowest BCUT2D eigenvalue weighted by molar-refractivity contribution is 0.102. The van der Waals surface area contributed by atoms with Gasteiger partial charge in [0.1, 0.15) is 16.8 Å². The number of rotatable bonds is 7. The minimum Gasteiger partial charge on any atom is -0.493 e. The molecule has 0 unspecified atom stereocenters. The average Bonchev–Trinajstić information content (AvgIpc) is 3.21. The van der Waals surface area contributed by atoms with E-state index in [2.05, 4.69) is 48.4 Å². The molecule has 6 heteroatoms. The van der Waals surface area contributed by atoms with Crippen LogP contribution in [0.15, 0.2) is 60.7 Å². The Labute approximate surface area is 188 Å². The van der Waals surface area contributed by atoms with Crippen molar-refractivity contribution in [2.45, 2.75) is 34.1 Å². The van der Waals surface area contributed by atoms with Crippen LogP contribution >= 0.6 is 0 Å². The number of nitrogens with zero attached hydrogens (tertiary/aromatic N) is 3. The first-order valence-corrected chi connectivity index (χ1v) is 10.9. The van der Waals surface area contributed by atoms with Crippen molar-refractivity contribution in [1.82, 2.24) is 15.0 Å². The van der Waals surface area contributed by atoms with E-state index in [0.717, 1.165) is 40.1 Å². The first-order chi connectivity index (χ1) is 15.4. The smallest absolute Gasteiger partial charge is 0.255 e. The van der Waals surface area contributed by atoms with Gasteiger partial charge in [0.25, 0.3) is 5.91 Å². The quantitative estimate of drug-likeness (QED) is 0.417. The van der Waals surface area contributed by atoms with Gasteiger partial charge >= 0.3 is 0 Å². The Hall–Kier alpha value is -3.67. The molecule has 6 nitrogen and oxygen atoms in total. The first-order valence-electron chi connectivity index (χ1n) is 10.9. The molecule has 3 aromatic carbocycles. The molecule has 1 amide bonds. The molecule has 0 bridgehead atoms. The van der Waals surface area contributed by atoms with Gasteiger partial charge in [-0.2, -0.15) is 4.80 Å². The second-order valence-electron chi connectivity index (χ2n) is 8.35. The van der Waals surface area contributed by atoms with Crippen LogP contribution in [0.5, 0.6) is 5.75 Å². The fourth-order valence-electron chi connectivity index (χ4n) is 3.34. The monoisotopic (exact) mass is 428 g/mol. The van der Waals surface area contributed by atoms with E-state index in [-0.39, 0.29) is 5.91 Å². The Morgan fingerprint density at radius 3 is 2.28 bits per heavy atom. The van der Waals surface area contributed by atoms with Gasteiger partial charge in [-0.05, 0) is 78.9 Å². The van der Waals surface area contributed by atoms with Crippen molar-refractivity contribution in [2.24, 2.45) is 5.92 Å². The molecule has 1 heterocycles. The maximum Gasteiger partial charge on any atom is 0.255 e. The second kappa shape index (κ2) is 9.22. The van der Waals surface area contributed by atoms with Crippen molar-refractivity contribution >= 4 is 22.6 Å². The summed E-state index contributed by atoms with van der Waals surface area (Å²) in [6.45, 7) is 8.92. The van der Waals surface area contributed by atoms with Crippen molar-refractivity contribution in [1.29, 1.82) is 0 Å². The lowest BCUT2D eigenvalue weighted by atomic mass is 10.1. The molecule has 1 N–H and O–H groups in total. The van der Waals surface area contributed by atoms with Gasteiger partial charge in [-0.15, -0.1) is 10.2 Å². The molecule has 1 aromatic heterocycles. The zero-order valence-electron chi connectivity index (χ0n) is 18.9. The summed E-state index contributed by atoms with van der Waals surface area (Å²) in [5, 5.41) is 12.2. The van der Waals surface area contributed by atoms with Crippen molar-refractivity contribution < 1.29 is 9.53 Å². The van der Waals surface area contributed by atoms with Gasteiger partial charge in [-0.3, -0.25) is 4.79 Å². The van der Waals surface area contributed by atoms with E-state index in [9.17, 15) is 4.79 Å². The zero-order chi connectivity index (χ0) is 22.7. The maximum absolute atomic E-state index is 12.8. The third-order valence-corrected chi connectivity index (χ3v) is 5.25. The summed E-state index contributed by atoms with van der Waals surface area (Å²) < 4.78 is 5.69. The Morgan fingerprint density at radius 2 is 1.66 bits per heavy atom. The number of ether oxygens (including phenoxy) is 1. The highest BCUT2D eigenvalue weighted by atomic mass is 16.5. The number of anilines is 1. The van der Waals surface area contributed by atoms with Crippen LogP contribution in [0, 0.1) is 12.8 Å². The molecular weight excluding hydrogens is 400 g/mol. The summed E-state index contributed by atoms with van der Waals surface area (Å²) in [4.78, 5) is 14.4. The largest absolute Gasteiger partial charge is 0.493 e. The van der Waals surface area contributed by atoms with Gasteiger partial charge in [-0.25, -0.2) is 0 Å². The predicted octanol–water partition coefficient (Wildman–Crippen LogP) is 5.58. The molecule has 4 rings (SSSR count). The Balaban J connectivity index is 1.52. The number of hydrogen-bond donors (Lipinski definition) is 1. The van der Waals surface area contributed by atoms with Gasteiger partial charge in [-0.1, -0.05) is 32.9 Å². The lowest BCUT2D eigenvalue weighted by Gasteiger charge is -2.10. The van der Waals surface area contributed by atoms with Crippen LogP contribution < -0.4 is 10.1 Å². The van der Waals surface area contributed by atoms with Crippen LogP contribution in [0.3, 0.4) is 0 Å². The molecule has 0 radical (unpaired) electrons. The van der Waals surface area contributed by atoms with E-state index in [0.29, 0.717) is 18.1 Å². The molecule has 0 spiro atoms. The molecular formula is C26H28N4O2. The summed E-state index contributed by atoms with van der Waals surface area (Å²) in [5.74, 6) is 1.03. The molecule has 0 saturated heterocycles. The number of aromatic nitrogens is 3. The van der Waals surface area contributed by atoms with Crippen LogP contribution in [-0.4, -0.2) is 27.5 Å². The standard InChI is InChI=1S/C26H28N4O2/c1-5-19-6-10-21(11-7-19)30-28-24-14-18(4)23(15-25(24)29-30)27-26(31)20-8-12-22(13-9-20)32-16-17(2)3/h6-15,17H,5,16H2,1-4H3,(H,27,31). The SMILES string of the molecule is CCc1ccc(-n2nc3cc(C)c(NC(=O)c4ccc(OCC(C)C)cc4)cc3n2)cc1. The van der Waals surface area contributed by atoms with E-state index < -0.39 is 0 Å². The minimum atomic E-state index is -0.176. The predicted molar refractivity (Wildman–Crippen MR) is 128 cm³/mol. The zero-order valence-corrected chi connectivity index (χ0v) is 18.9. The number of nitrogens with one attached hydrogen (secondary N) is 1. The van der Waals surface area contributed by atoms with Gasteiger partial charge in [0.2, 0.25) is 0 Å². The summed E-state index contributed by atoms with van der Waals surface area (Å²) in [6, 6.07) is 19.2. The number of carbonyl (C=O) groups excluding carboxylic acids is 1. The normalized spacial score (nSPS) is 11.2. The number of benzene rings is 3.